The second kappa shape index (κ2) is 7.22. The first-order valence-corrected chi connectivity index (χ1v) is 7.64. The SMILES string of the molecule is CCCCN(C(=O)c1ccc(NCCC)nn1)C1CC1. The standard InChI is InChI=1S/C15H24N4O/c1-3-5-11-19(12-6-7-12)15(20)13-8-9-14(18-17-13)16-10-4-2/h8-9,12H,3-7,10-11H2,1-2H3,(H,16,18). The van der Waals surface area contributed by atoms with Crippen molar-refractivity contribution in [2.24, 2.45) is 0 Å². The van der Waals surface area contributed by atoms with E-state index in [1.54, 1.807) is 6.07 Å². The Morgan fingerprint density at radius 3 is 2.65 bits per heavy atom. The Morgan fingerprint density at radius 2 is 2.10 bits per heavy atom. The summed E-state index contributed by atoms with van der Waals surface area (Å²) in [6.45, 7) is 5.94. The molecule has 0 saturated heterocycles. The van der Waals surface area contributed by atoms with Crippen molar-refractivity contribution in [1.82, 2.24) is 15.1 Å². The van der Waals surface area contributed by atoms with Gasteiger partial charge >= 0.3 is 0 Å². The van der Waals surface area contributed by atoms with Crippen molar-refractivity contribution in [1.29, 1.82) is 0 Å². The Labute approximate surface area is 120 Å². The highest BCUT2D eigenvalue weighted by atomic mass is 16.2. The van der Waals surface area contributed by atoms with Crippen LogP contribution < -0.4 is 5.32 Å². The maximum absolute atomic E-state index is 12.5. The molecule has 0 atom stereocenters. The highest BCUT2D eigenvalue weighted by Crippen LogP contribution is 2.28. The fourth-order valence-corrected chi connectivity index (χ4v) is 2.11. The summed E-state index contributed by atoms with van der Waals surface area (Å²) in [6.07, 6.45) is 5.43. The molecule has 0 aliphatic heterocycles. The van der Waals surface area contributed by atoms with Gasteiger partial charge in [-0.3, -0.25) is 4.79 Å². The van der Waals surface area contributed by atoms with Gasteiger partial charge in [-0.1, -0.05) is 20.3 Å². The lowest BCUT2D eigenvalue weighted by Crippen LogP contribution is -2.34. The molecule has 0 bridgehead atoms. The number of hydrogen-bond donors (Lipinski definition) is 1. The summed E-state index contributed by atoms with van der Waals surface area (Å²) in [5.74, 6) is 0.755. The summed E-state index contributed by atoms with van der Waals surface area (Å²) in [6, 6.07) is 4.03. The van der Waals surface area contributed by atoms with Gasteiger partial charge < -0.3 is 10.2 Å². The third-order valence-electron chi connectivity index (χ3n) is 3.44. The number of anilines is 1. The lowest BCUT2D eigenvalue weighted by atomic mass is 10.2. The number of unbranched alkanes of at least 4 members (excludes halogenated alkanes) is 1. The summed E-state index contributed by atoms with van der Waals surface area (Å²) in [4.78, 5) is 14.4. The van der Waals surface area contributed by atoms with Gasteiger partial charge in [0, 0.05) is 19.1 Å². The number of aromatic nitrogens is 2. The van der Waals surface area contributed by atoms with Crippen molar-refractivity contribution in [2.75, 3.05) is 18.4 Å². The lowest BCUT2D eigenvalue weighted by molar-refractivity contribution is 0.0733. The van der Waals surface area contributed by atoms with Crippen LogP contribution >= 0.6 is 0 Å². The molecule has 1 heterocycles. The van der Waals surface area contributed by atoms with Gasteiger partial charge in [0.25, 0.3) is 5.91 Å². The molecule has 1 aliphatic rings. The number of hydrogen-bond acceptors (Lipinski definition) is 4. The fourth-order valence-electron chi connectivity index (χ4n) is 2.11. The van der Waals surface area contributed by atoms with Crippen molar-refractivity contribution in [2.45, 2.75) is 52.0 Å². The molecule has 0 unspecified atom stereocenters. The van der Waals surface area contributed by atoms with Crippen molar-refractivity contribution >= 4 is 11.7 Å². The predicted molar refractivity (Wildman–Crippen MR) is 79.8 cm³/mol. The van der Waals surface area contributed by atoms with E-state index in [0.717, 1.165) is 51.0 Å². The minimum absolute atomic E-state index is 0.0236. The predicted octanol–water partition coefficient (Wildman–Crippen LogP) is 2.70. The number of carbonyl (C=O) groups excluding carboxylic acids is 1. The van der Waals surface area contributed by atoms with E-state index in [9.17, 15) is 4.79 Å². The van der Waals surface area contributed by atoms with Crippen LogP contribution in [-0.4, -0.2) is 40.1 Å². The molecule has 0 radical (unpaired) electrons. The molecule has 5 nitrogen and oxygen atoms in total. The van der Waals surface area contributed by atoms with Crippen LogP contribution in [0.3, 0.4) is 0 Å². The minimum atomic E-state index is 0.0236. The van der Waals surface area contributed by atoms with Gasteiger partial charge in [0.2, 0.25) is 0 Å². The van der Waals surface area contributed by atoms with Crippen LogP contribution in [0, 0.1) is 0 Å². The van der Waals surface area contributed by atoms with Crippen molar-refractivity contribution in [3.63, 3.8) is 0 Å². The van der Waals surface area contributed by atoms with E-state index in [4.69, 9.17) is 0 Å². The number of amides is 1. The molecule has 0 spiro atoms. The van der Waals surface area contributed by atoms with Gasteiger partial charge in [-0.05, 0) is 37.8 Å². The molecule has 2 rings (SSSR count). The van der Waals surface area contributed by atoms with E-state index >= 15 is 0 Å². The Bertz CT molecular complexity index is 428. The Morgan fingerprint density at radius 1 is 1.30 bits per heavy atom. The third kappa shape index (κ3) is 3.92. The topological polar surface area (TPSA) is 58.1 Å². The van der Waals surface area contributed by atoms with Crippen LogP contribution in [0.4, 0.5) is 5.82 Å². The number of rotatable bonds is 8. The quantitative estimate of drug-likeness (QED) is 0.793. The summed E-state index contributed by atoms with van der Waals surface area (Å²) in [7, 11) is 0. The van der Waals surface area contributed by atoms with Crippen LogP contribution in [-0.2, 0) is 0 Å². The molecule has 1 aromatic heterocycles. The fraction of sp³-hybridized carbons (Fsp3) is 0.667. The molecule has 1 N–H and O–H groups in total. The summed E-state index contributed by atoms with van der Waals surface area (Å²) >= 11 is 0. The first-order chi connectivity index (χ1) is 9.76. The molecule has 1 amide bonds. The zero-order valence-corrected chi connectivity index (χ0v) is 12.4. The van der Waals surface area contributed by atoms with E-state index in [0.29, 0.717) is 11.7 Å². The van der Waals surface area contributed by atoms with Gasteiger partial charge in [0.05, 0.1) is 0 Å². The van der Waals surface area contributed by atoms with Gasteiger partial charge in [0.15, 0.2) is 5.69 Å². The smallest absolute Gasteiger partial charge is 0.274 e. The van der Waals surface area contributed by atoms with Crippen molar-refractivity contribution < 1.29 is 4.79 Å². The molecule has 110 valence electrons. The first-order valence-electron chi connectivity index (χ1n) is 7.64. The zero-order valence-electron chi connectivity index (χ0n) is 12.4. The number of carbonyl (C=O) groups is 1. The number of nitrogens with one attached hydrogen (secondary N) is 1. The highest BCUT2D eigenvalue weighted by Gasteiger charge is 2.33. The van der Waals surface area contributed by atoms with Crippen LogP contribution in [0.5, 0.6) is 0 Å². The highest BCUT2D eigenvalue weighted by molar-refractivity contribution is 5.92. The Balaban J connectivity index is 1.99. The van der Waals surface area contributed by atoms with E-state index in [-0.39, 0.29) is 5.91 Å². The normalized spacial score (nSPS) is 14.1. The summed E-state index contributed by atoms with van der Waals surface area (Å²) < 4.78 is 0. The molecular formula is C15H24N4O. The Kier molecular flexibility index (Phi) is 5.32. The monoisotopic (exact) mass is 276 g/mol. The summed E-state index contributed by atoms with van der Waals surface area (Å²) in [5, 5.41) is 11.3. The van der Waals surface area contributed by atoms with E-state index < -0.39 is 0 Å². The van der Waals surface area contributed by atoms with Gasteiger partial charge in [0.1, 0.15) is 5.82 Å². The largest absolute Gasteiger partial charge is 0.369 e. The van der Waals surface area contributed by atoms with Crippen LogP contribution in [0.2, 0.25) is 0 Å². The number of nitrogens with zero attached hydrogens (tertiary/aromatic N) is 3. The van der Waals surface area contributed by atoms with Gasteiger partial charge in [-0.25, -0.2) is 0 Å². The van der Waals surface area contributed by atoms with Gasteiger partial charge in [-0.2, -0.15) is 0 Å². The first kappa shape index (κ1) is 14.8. The molecule has 5 heteroatoms. The van der Waals surface area contributed by atoms with Gasteiger partial charge in [-0.15, -0.1) is 10.2 Å². The van der Waals surface area contributed by atoms with E-state index in [2.05, 4.69) is 29.4 Å². The molecule has 1 aromatic rings. The van der Waals surface area contributed by atoms with Crippen molar-refractivity contribution in [3.05, 3.63) is 17.8 Å². The molecule has 1 fully saturated rings. The maximum atomic E-state index is 12.5. The van der Waals surface area contributed by atoms with Crippen molar-refractivity contribution in [3.8, 4) is 0 Å². The molecule has 1 saturated carbocycles. The van der Waals surface area contributed by atoms with Crippen LogP contribution in [0.1, 0.15) is 56.4 Å². The summed E-state index contributed by atoms with van der Waals surface area (Å²) in [5.41, 5.74) is 0.454. The minimum Gasteiger partial charge on any atom is -0.369 e. The van der Waals surface area contributed by atoms with Crippen LogP contribution in [0.25, 0.3) is 0 Å². The third-order valence-corrected chi connectivity index (χ3v) is 3.44. The van der Waals surface area contributed by atoms with E-state index in [1.807, 2.05) is 11.0 Å². The average Bonchev–Trinajstić information content (AvgIpc) is 3.30. The second-order valence-electron chi connectivity index (χ2n) is 5.31. The zero-order chi connectivity index (χ0) is 14.4. The molecule has 20 heavy (non-hydrogen) atoms. The maximum Gasteiger partial charge on any atom is 0.274 e. The van der Waals surface area contributed by atoms with E-state index in [1.165, 1.54) is 0 Å². The molecule has 0 aromatic carbocycles. The van der Waals surface area contributed by atoms with Crippen LogP contribution in [0.15, 0.2) is 12.1 Å². The molecular weight excluding hydrogens is 252 g/mol. The Hall–Kier alpha value is -1.65. The lowest BCUT2D eigenvalue weighted by Gasteiger charge is -2.21. The molecule has 1 aliphatic carbocycles. The average molecular weight is 276 g/mol. The second-order valence-corrected chi connectivity index (χ2v) is 5.31.